The quantitative estimate of drug-likeness (QED) is 0.792. The first-order valence-corrected chi connectivity index (χ1v) is 7.84. The third kappa shape index (κ3) is 2.97. The predicted molar refractivity (Wildman–Crippen MR) is 87.1 cm³/mol. The Morgan fingerprint density at radius 2 is 1.90 bits per heavy atom. The van der Waals surface area contributed by atoms with Gasteiger partial charge in [-0.1, -0.05) is 46.3 Å². The minimum Gasteiger partial charge on any atom is -0.457 e. The largest absolute Gasteiger partial charge is 0.457 e. The van der Waals surface area contributed by atoms with Crippen LogP contribution in [0.1, 0.15) is 19.4 Å². The van der Waals surface area contributed by atoms with E-state index in [2.05, 4.69) is 57.2 Å². The van der Waals surface area contributed by atoms with Crippen molar-refractivity contribution in [3.05, 3.63) is 46.4 Å². The van der Waals surface area contributed by atoms with Gasteiger partial charge in [-0.2, -0.15) is 0 Å². The number of ether oxygens (including phenoxy) is 1. The zero-order chi connectivity index (χ0) is 15.0. The Hall–Kier alpha value is -1.39. The van der Waals surface area contributed by atoms with Crippen molar-refractivity contribution >= 4 is 32.7 Å². The number of carbonyl (C=O) groups excluding carboxylic acids is 1. The third-order valence-corrected chi connectivity index (χ3v) is 4.55. The van der Waals surface area contributed by atoms with Gasteiger partial charge < -0.3 is 4.74 Å². The predicted octanol–water partition coefficient (Wildman–Crippen LogP) is 3.74. The lowest BCUT2D eigenvalue weighted by molar-refractivity contribution is -0.174. The van der Waals surface area contributed by atoms with Gasteiger partial charge in [-0.3, -0.25) is 9.69 Å². The number of rotatable bonds is 3. The molecule has 2 aromatic rings. The number of carbonyl (C=O) groups is 1. The van der Waals surface area contributed by atoms with Gasteiger partial charge in [0.05, 0.1) is 0 Å². The zero-order valence-corrected chi connectivity index (χ0v) is 13.8. The average Bonchev–Trinajstić information content (AvgIpc) is 2.39. The molecule has 21 heavy (non-hydrogen) atoms. The molecular weight excluding hydrogens is 330 g/mol. The van der Waals surface area contributed by atoms with E-state index in [-0.39, 0.29) is 11.6 Å². The van der Waals surface area contributed by atoms with Crippen molar-refractivity contribution < 1.29 is 9.53 Å². The summed E-state index contributed by atoms with van der Waals surface area (Å²) in [6.07, 6.45) is 0. The van der Waals surface area contributed by atoms with Crippen molar-refractivity contribution in [3.8, 4) is 0 Å². The van der Waals surface area contributed by atoms with Crippen molar-refractivity contribution in [2.45, 2.75) is 26.0 Å². The molecule has 0 aromatic heterocycles. The molecule has 1 fully saturated rings. The molecule has 0 amide bonds. The third-order valence-electron chi connectivity index (χ3n) is 3.86. The molecule has 0 N–H and O–H groups in total. The number of likely N-dealkylation sites (tertiary alicyclic amines) is 1. The number of hydrogen-bond acceptors (Lipinski definition) is 3. The minimum absolute atomic E-state index is 0.203. The van der Waals surface area contributed by atoms with E-state index in [4.69, 9.17) is 4.74 Å². The molecule has 0 unspecified atom stereocenters. The average molecular weight is 348 g/mol. The Kier molecular flexibility index (Phi) is 3.76. The molecule has 0 radical (unpaired) electrons. The second kappa shape index (κ2) is 5.43. The lowest BCUT2D eigenvalue weighted by Crippen LogP contribution is -2.61. The summed E-state index contributed by atoms with van der Waals surface area (Å²) in [7, 11) is 0. The van der Waals surface area contributed by atoms with Gasteiger partial charge in [0.25, 0.3) is 0 Å². The summed E-state index contributed by atoms with van der Waals surface area (Å²) in [6.45, 7) is 5.92. The molecule has 2 aromatic carbocycles. The van der Waals surface area contributed by atoms with Crippen LogP contribution in [0.3, 0.4) is 0 Å². The van der Waals surface area contributed by atoms with Gasteiger partial charge >= 0.3 is 5.97 Å². The van der Waals surface area contributed by atoms with Crippen LogP contribution in [-0.2, 0) is 16.1 Å². The van der Waals surface area contributed by atoms with E-state index < -0.39 is 0 Å². The van der Waals surface area contributed by atoms with Gasteiger partial charge in [0.2, 0.25) is 0 Å². The molecule has 0 saturated carbocycles. The van der Waals surface area contributed by atoms with Crippen LogP contribution in [-0.4, -0.2) is 29.6 Å². The normalized spacial score (nSPS) is 17.5. The first-order chi connectivity index (χ1) is 9.97. The molecule has 0 atom stereocenters. The van der Waals surface area contributed by atoms with Crippen LogP contribution in [0.15, 0.2) is 40.9 Å². The summed E-state index contributed by atoms with van der Waals surface area (Å²) in [6, 6.07) is 12.7. The van der Waals surface area contributed by atoms with E-state index in [0.29, 0.717) is 0 Å². The standard InChI is InChI=1S/C17H18BrNO2/c1-12(20)21-17(2)10-19(11-17)9-13-7-8-16(18)15-6-4-3-5-14(13)15/h3-8H,9-11H2,1-2H3. The Morgan fingerprint density at radius 3 is 2.57 bits per heavy atom. The van der Waals surface area contributed by atoms with Crippen molar-refractivity contribution in [2.24, 2.45) is 0 Å². The molecule has 1 heterocycles. The second-order valence-corrected chi connectivity index (χ2v) is 6.80. The summed E-state index contributed by atoms with van der Waals surface area (Å²) in [4.78, 5) is 13.4. The summed E-state index contributed by atoms with van der Waals surface area (Å²) >= 11 is 3.60. The van der Waals surface area contributed by atoms with Crippen molar-refractivity contribution in [3.63, 3.8) is 0 Å². The molecular formula is C17H18BrNO2. The summed E-state index contributed by atoms with van der Waals surface area (Å²) < 4.78 is 6.48. The van der Waals surface area contributed by atoms with Gasteiger partial charge in [-0.25, -0.2) is 0 Å². The van der Waals surface area contributed by atoms with Crippen molar-refractivity contribution in [1.82, 2.24) is 4.90 Å². The molecule has 1 saturated heterocycles. The maximum Gasteiger partial charge on any atom is 0.303 e. The smallest absolute Gasteiger partial charge is 0.303 e. The number of nitrogens with zero attached hydrogens (tertiary/aromatic N) is 1. The van der Waals surface area contributed by atoms with Crippen LogP contribution in [0.4, 0.5) is 0 Å². The van der Waals surface area contributed by atoms with Gasteiger partial charge in [0, 0.05) is 31.0 Å². The molecule has 0 aliphatic carbocycles. The Morgan fingerprint density at radius 1 is 1.24 bits per heavy atom. The lowest BCUT2D eigenvalue weighted by Gasteiger charge is -2.46. The first kappa shape index (κ1) is 14.5. The van der Waals surface area contributed by atoms with E-state index in [0.717, 1.165) is 24.1 Å². The number of halogens is 1. The lowest BCUT2D eigenvalue weighted by atomic mass is 9.94. The van der Waals surface area contributed by atoms with E-state index in [1.807, 2.05) is 6.92 Å². The molecule has 1 aliphatic heterocycles. The number of benzene rings is 2. The van der Waals surface area contributed by atoms with Gasteiger partial charge in [-0.15, -0.1) is 0 Å². The fourth-order valence-corrected chi connectivity index (χ4v) is 3.60. The highest BCUT2D eigenvalue weighted by Crippen LogP contribution is 2.31. The Bertz CT molecular complexity index is 692. The van der Waals surface area contributed by atoms with Crippen LogP contribution in [0.5, 0.6) is 0 Å². The Labute approximate surface area is 133 Å². The molecule has 4 heteroatoms. The SMILES string of the molecule is CC(=O)OC1(C)CN(Cc2ccc(Br)c3ccccc23)C1. The Balaban J connectivity index is 1.76. The summed E-state index contributed by atoms with van der Waals surface area (Å²) in [5.41, 5.74) is 0.982. The first-order valence-electron chi connectivity index (χ1n) is 7.05. The molecule has 110 valence electrons. The molecule has 3 rings (SSSR count). The highest BCUT2D eigenvalue weighted by atomic mass is 79.9. The van der Waals surface area contributed by atoms with Crippen LogP contribution >= 0.6 is 15.9 Å². The van der Waals surface area contributed by atoms with Crippen LogP contribution in [0.25, 0.3) is 10.8 Å². The maximum atomic E-state index is 11.1. The minimum atomic E-state index is -0.322. The number of esters is 1. The zero-order valence-electron chi connectivity index (χ0n) is 12.2. The van der Waals surface area contributed by atoms with E-state index in [1.165, 1.54) is 23.3 Å². The van der Waals surface area contributed by atoms with Gasteiger partial charge in [0.15, 0.2) is 0 Å². The highest BCUT2D eigenvalue weighted by Gasteiger charge is 2.41. The van der Waals surface area contributed by atoms with Crippen LogP contribution in [0, 0.1) is 0 Å². The molecule has 3 nitrogen and oxygen atoms in total. The van der Waals surface area contributed by atoms with Crippen molar-refractivity contribution in [2.75, 3.05) is 13.1 Å². The maximum absolute atomic E-state index is 11.1. The van der Waals surface area contributed by atoms with E-state index in [9.17, 15) is 4.79 Å². The van der Waals surface area contributed by atoms with E-state index in [1.54, 1.807) is 0 Å². The molecule has 0 spiro atoms. The fourth-order valence-electron chi connectivity index (χ4n) is 3.13. The van der Waals surface area contributed by atoms with Crippen molar-refractivity contribution in [1.29, 1.82) is 0 Å². The van der Waals surface area contributed by atoms with E-state index >= 15 is 0 Å². The van der Waals surface area contributed by atoms with Gasteiger partial charge in [0.1, 0.15) is 5.60 Å². The fraction of sp³-hybridized carbons (Fsp3) is 0.353. The second-order valence-electron chi connectivity index (χ2n) is 5.94. The topological polar surface area (TPSA) is 29.5 Å². The van der Waals surface area contributed by atoms with Crippen LogP contribution in [0.2, 0.25) is 0 Å². The monoisotopic (exact) mass is 347 g/mol. The number of hydrogen-bond donors (Lipinski definition) is 0. The van der Waals surface area contributed by atoms with Gasteiger partial charge in [-0.05, 0) is 29.3 Å². The number of fused-ring (bicyclic) bond motifs is 1. The highest BCUT2D eigenvalue weighted by molar-refractivity contribution is 9.10. The summed E-state index contributed by atoms with van der Waals surface area (Å²) in [5.74, 6) is -0.203. The summed E-state index contributed by atoms with van der Waals surface area (Å²) in [5, 5.41) is 2.51. The molecule has 0 bridgehead atoms. The molecule has 1 aliphatic rings. The van der Waals surface area contributed by atoms with Crippen LogP contribution < -0.4 is 0 Å².